The van der Waals surface area contributed by atoms with Crippen molar-refractivity contribution in [3.05, 3.63) is 59.7 Å². The maximum atomic E-state index is 12.6. The summed E-state index contributed by atoms with van der Waals surface area (Å²) in [4.78, 5) is 26.4. The molecule has 0 saturated carbocycles. The molecular formula is C24H33N3O5S. The highest BCUT2D eigenvalue weighted by Gasteiger charge is 2.20. The third-order valence-electron chi connectivity index (χ3n) is 4.71. The van der Waals surface area contributed by atoms with Crippen LogP contribution in [0.3, 0.4) is 0 Å². The van der Waals surface area contributed by atoms with Crippen molar-refractivity contribution in [3.63, 3.8) is 0 Å². The normalized spacial score (nSPS) is 12.7. The summed E-state index contributed by atoms with van der Waals surface area (Å²) in [6.45, 7) is 9.41. The van der Waals surface area contributed by atoms with Gasteiger partial charge >= 0.3 is 6.09 Å². The van der Waals surface area contributed by atoms with Crippen LogP contribution in [0.2, 0.25) is 0 Å². The Hall–Kier alpha value is -2.91. The Morgan fingerprint density at radius 3 is 2.30 bits per heavy atom. The molecule has 0 saturated heterocycles. The first-order valence-corrected chi connectivity index (χ1v) is 12.3. The van der Waals surface area contributed by atoms with Gasteiger partial charge in [-0.1, -0.05) is 19.1 Å². The Labute approximate surface area is 196 Å². The zero-order valence-corrected chi connectivity index (χ0v) is 20.8. The maximum absolute atomic E-state index is 12.6. The molecule has 0 aliphatic heterocycles. The molecule has 8 nitrogen and oxygen atoms in total. The third kappa shape index (κ3) is 8.18. The second kappa shape index (κ2) is 10.8. The van der Waals surface area contributed by atoms with Gasteiger partial charge in [-0.25, -0.2) is 17.9 Å². The smallest absolute Gasteiger partial charge is 0.410 e. The van der Waals surface area contributed by atoms with Crippen LogP contribution >= 0.6 is 0 Å². The lowest BCUT2D eigenvalue weighted by molar-refractivity contribution is 0.0285. The van der Waals surface area contributed by atoms with Crippen LogP contribution in [0.1, 0.15) is 57.0 Å². The average Bonchev–Trinajstić information content (AvgIpc) is 2.72. The molecule has 0 fully saturated rings. The van der Waals surface area contributed by atoms with Crippen molar-refractivity contribution < 1.29 is 22.7 Å². The molecule has 0 radical (unpaired) electrons. The molecule has 0 aliphatic rings. The molecule has 0 aromatic heterocycles. The van der Waals surface area contributed by atoms with E-state index in [1.807, 2.05) is 13.0 Å². The minimum atomic E-state index is -3.63. The van der Waals surface area contributed by atoms with Crippen molar-refractivity contribution in [2.75, 3.05) is 12.4 Å². The molecule has 1 atom stereocenters. The summed E-state index contributed by atoms with van der Waals surface area (Å²) in [5.41, 5.74) is 1.12. The molecule has 2 N–H and O–H groups in total. The number of carbonyl (C=O) groups is 2. The molecule has 2 aromatic carbocycles. The molecule has 2 amide bonds. The van der Waals surface area contributed by atoms with Crippen molar-refractivity contribution >= 4 is 27.7 Å². The molecule has 9 heteroatoms. The van der Waals surface area contributed by atoms with E-state index in [9.17, 15) is 18.0 Å². The van der Waals surface area contributed by atoms with Gasteiger partial charge in [-0.3, -0.25) is 4.79 Å². The summed E-state index contributed by atoms with van der Waals surface area (Å²) in [5.74, 6) is -0.369. The second-order valence-corrected chi connectivity index (χ2v) is 10.7. The Kier molecular flexibility index (Phi) is 8.63. The van der Waals surface area contributed by atoms with E-state index < -0.39 is 21.7 Å². The minimum Gasteiger partial charge on any atom is -0.444 e. The van der Waals surface area contributed by atoms with E-state index in [1.54, 1.807) is 52.9 Å². The van der Waals surface area contributed by atoms with Gasteiger partial charge < -0.3 is 15.0 Å². The molecule has 0 heterocycles. The van der Waals surface area contributed by atoms with Gasteiger partial charge in [0.25, 0.3) is 5.91 Å². The first-order chi connectivity index (χ1) is 15.3. The summed E-state index contributed by atoms with van der Waals surface area (Å²) >= 11 is 0. The molecule has 2 aromatic rings. The van der Waals surface area contributed by atoms with Gasteiger partial charge in [0, 0.05) is 30.9 Å². The van der Waals surface area contributed by atoms with E-state index >= 15 is 0 Å². The lowest BCUT2D eigenvalue weighted by atomic mass is 10.1. The number of anilines is 1. The first-order valence-electron chi connectivity index (χ1n) is 10.8. The standard InChI is InChI=1S/C24H33N3O5S/c1-7-17(2)26-33(30,31)21-13-11-19(12-14-21)22(28)25-20-10-8-9-18(15-20)16-27(6)23(29)32-24(3,4)5/h8-15,17,26H,7,16H2,1-6H3,(H,25,28). The number of carbonyl (C=O) groups excluding carboxylic acids is 2. The molecule has 1 unspecified atom stereocenters. The van der Waals surface area contributed by atoms with Crippen molar-refractivity contribution in [2.24, 2.45) is 0 Å². The molecule has 33 heavy (non-hydrogen) atoms. The quantitative estimate of drug-likeness (QED) is 0.589. The van der Waals surface area contributed by atoms with Crippen molar-refractivity contribution in [3.8, 4) is 0 Å². The topological polar surface area (TPSA) is 105 Å². The SMILES string of the molecule is CCC(C)NS(=O)(=O)c1ccc(C(=O)Nc2cccc(CN(C)C(=O)OC(C)(C)C)c2)cc1. The number of ether oxygens (including phenoxy) is 1. The predicted molar refractivity (Wildman–Crippen MR) is 129 cm³/mol. The molecule has 2 rings (SSSR count). The molecular weight excluding hydrogens is 442 g/mol. The lowest BCUT2D eigenvalue weighted by Crippen LogP contribution is -2.33. The number of rotatable bonds is 8. The second-order valence-electron chi connectivity index (χ2n) is 8.95. The van der Waals surface area contributed by atoms with Crippen LogP contribution in [-0.4, -0.2) is 44.0 Å². The number of nitrogens with one attached hydrogen (secondary N) is 2. The zero-order valence-electron chi connectivity index (χ0n) is 20.0. The average molecular weight is 476 g/mol. The summed E-state index contributed by atoms with van der Waals surface area (Å²) in [5, 5.41) is 2.80. The van der Waals surface area contributed by atoms with Crippen LogP contribution in [-0.2, 0) is 21.3 Å². The van der Waals surface area contributed by atoms with Gasteiger partial charge in [0.05, 0.1) is 4.90 Å². The van der Waals surface area contributed by atoms with Crippen molar-refractivity contribution in [2.45, 2.75) is 64.1 Å². The Bertz CT molecular complexity index is 1080. The van der Waals surface area contributed by atoms with Crippen LogP contribution in [0.4, 0.5) is 10.5 Å². The number of hydrogen-bond donors (Lipinski definition) is 2. The number of sulfonamides is 1. The van der Waals surface area contributed by atoms with Crippen LogP contribution in [0.15, 0.2) is 53.4 Å². The highest BCUT2D eigenvalue weighted by Crippen LogP contribution is 2.17. The zero-order chi connectivity index (χ0) is 24.8. The van der Waals surface area contributed by atoms with E-state index in [-0.39, 0.29) is 16.8 Å². The van der Waals surface area contributed by atoms with Crippen LogP contribution in [0, 0.1) is 0 Å². The van der Waals surface area contributed by atoms with Gasteiger partial charge in [-0.05, 0) is 76.1 Å². The summed E-state index contributed by atoms with van der Waals surface area (Å²) in [6.07, 6.45) is 0.238. The van der Waals surface area contributed by atoms with Gasteiger partial charge in [-0.15, -0.1) is 0 Å². The monoisotopic (exact) mass is 475 g/mol. The van der Waals surface area contributed by atoms with Gasteiger partial charge in [0.2, 0.25) is 10.0 Å². The highest BCUT2D eigenvalue weighted by atomic mass is 32.2. The minimum absolute atomic E-state index is 0.103. The fourth-order valence-electron chi connectivity index (χ4n) is 2.83. The van der Waals surface area contributed by atoms with Crippen LogP contribution in [0.25, 0.3) is 0 Å². The Morgan fingerprint density at radius 2 is 1.73 bits per heavy atom. The molecule has 0 spiro atoms. The Morgan fingerprint density at radius 1 is 1.09 bits per heavy atom. The number of hydrogen-bond acceptors (Lipinski definition) is 5. The van der Waals surface area contributed by atoms with Gasteiger partial charge in [0.15, 0.2) is 0 Å². The molecule has 0 bridgehead atoms. The highest BCUT2D eigenvalue weighted by molar-refractivity contribution is 7.89. The molecule has 180 valence electrons. The van der Waals surface area contributed by atoms with E-state index in [1.165, 1.54) is 29.2 Å². The first kappa shape index (κ1) is 26.3. The largest absolute Gasteiger partial charge is 0.444 e. The summed E-state index contributed by atoms with van der Waals surface area (Å²) in [6, 6.07) is 12.7. The van der Waals surface area contributed by atoms with E-state index in [2.05, 4.69) is 10.0 Å². The fraction of sp³-hybridized carbons (Fsp3) is 0.417. The summed E-state index contributed by atoms with van der Waals surface area (Å²) in [7, 11) is -1.99. The van der Waals surface area contributed by atoms with E-state index in [0.717, 1.165) is 5.56 Å². The maximum Gasteiger partial charge on any atom is 0.410 e. The van der Waals surface area contributed by atoms with E-state index in [4.69, 9.17) is 4.74 Å². The number of benzene rings is 2. The predicted octanol–water partition coefficient (Wildman–Crippen LogP) is 4.38. The van der Waals surface area contributed by atoms with Crippen molar-refractivity contribution in [1.82, 2.24) is 9.62 Å². The third-order valence-corrected chi connectivity index (χ3v) is 6.31. The van der Waals surface area contributed by atoms with Crippen molar-refractivity contribution in [1.29, 1.82) is 0 Å². The number of nitrogens with zero attached hydrogens (tertiary/aromatic N) is 1. The Balaban J connectivity index is 2.05. The summed E-state index contributed by atoms with van der Waals surface area (Å²) < 4.78 is 32.7. The van der Waals surface area contributed by atoms with E-state index in [0.29, 0.717) is 24.2 Å². The van der Waals surface area contributed by atoms with Crippen LogP contribution in [0.5, 0.6) is 0 Å². The van der Waals surface area contributed by atoms with Gasteiger partial charge in [0.1, 0.15) is 5.60 Å². The van der Waals surface area contributed by atoms with Gasteiger partial charge in [-0.2, -0.15) is 0 Å². The molecule has 0 aliphatic carbocycles. The van der Waals surface area contributed by atoms with Crippen LogP contribution < -0.4 is 10.0 Å². The lowest BCUT2D eigenvalue weighted by Gasteiger charge is -2.24. The number of amides is 2. The fourth-order valence-corrected chi connectivity index (χ4v) is 4.16.